The lowest BCUT2D eigenvalue weighted by Crippen LogP contribution is -2.34. The fraction of sp³-hybridized carbons (Fsp3) is 0.421. The van der Waals surface area contributed by atoms with E-state index in [-0.39, 0.29) is 10.6 Å². The van der Waals surface area contributed by atoms with Crippen LogP contribution >= 0.6 is 0 Å². The summed E-state index contributed by atoms with van der Waals surface area (Å²) in [5, 5.41) is 14.5. The third-order valence-corrected chi connectivity index (χ3v) is 4.63. The summed E-state index contributed by atoms with van der Waals surface area (Å²) >= 11 is 0. The molecule has 0 bridgehead atoms. The number of nitro benzene ring substituents is 1. The predicted molar refractivity (Wildman–Crippen MR) is 105 cm³/mol. The van der Waals surface area contributed by atoms with Crippen LogP contribution in [0, 0.1) is 24.0 Å². The van der Waals surface area contributed by atoms with Gasteiger partial charge in [0.25, 0.3) is 5.69 Å². The Balaban J connectivity index is 1.82. The van der Waals surface area contributed by atoms with Gasteiger partial charge in [0, 0.05) is 51.1 Å². The van der Waals surface area contributed by atoms with Gasteiger partial charge in [-0.25, -0.2) is 4.98 Å². The number of fused-ring (bicyclic) bond motifs is 1. The average Bonchev–Trinajstić information content (AvgIpc) is 2.59. The highest BCUT2D eigenvalue weighted by molar-refractivity contribution is 5.73. The Morgan fingerprint density at radius 2 is 1.96 bits per heavy atom. The van der Waals surface area contributed by atoms with Crippen molar-refractivity contribution < 1.29 is 4.92 Å². The molecular formula is C19H25N5O2. The van der Waals surface area contributed by atoms with Crippen LogP contribution in [0.1, 0.15) is 17.7 Å². The molecular weight excluding hydrogens is 330 g/mol. The fourth-order valence-electron chi connectivity index (χ4n) is 3.37. The third-order valence-electron chi connectivity index (χ3n) is 4.63. The number of non-ortho nitro benzene ring substituents is 1. The first-order chi connectivity index (χ1) is 12.4. The first-order valence-corrected chi connectivity index (χ1v) is 8.88. The minimum Gasteiger partial charge on any atom is -0.382 e. The lowest BCUT2D eigenvalue weighted by atomic mass is 10.2. The van der Waals surface area contributed by atoms with E-state index in [9.17, 15) is 10.1 Å². The van der Waals surface area contributed by atoms with Crippen molar-refractivity contribution in [2.75, 3.05) is 48.3 Å². The number of anilines is 3. The normalized spacial score (nSPS) is 15.2. The van der Waals surface area contributed by atoms with Crippen molar-refractivity contribution in [1.29, 1.82) is 0 Å². The van der Waals surface area contributed by atoms with Gasteiger partial charge in [0.15, 0.2) is 0 Å². The molecule has 0 saturated heterocycles. The largest absolute Gasteiger partial charge is 0.382 e. The van der Waals surface area contributed by atoms with Crippen LogP contribution in [0.2, 0.25) is 0 Å². The molecule has 0 amide bonds. The van der Waals surface area contributed by atoms with Crippen LogP contribution in [-0.2, 0) is 0 Å². The molecule has 2 heterocycles. The summed E-state index contributed by atoms with van der Waals surface area (Å²) in [5.74, 6) is 1.01. The number of aromatic nitrogens is 1. The molecule has 0 unspecified atom stereocenters. The molecule has 0 radical (unpaired) electrons. The minimum atomic E-state index is -0.347. The van der Waals surface area contributed by atoms with Gasteiger partial charge in [-0.2, -0.15) is 0 Å². The number of nitrogens with one attached hydrogen (secondary N) is 1. The molecule has 3 rings (SSSR count). The Labute approximate surface area is 153 Å². The number of rotatable bonds is 2. The quantitative estimate of drug-likeness (QED) is 0.658. The molecule has 26 heavy (non-hydrogen) atoms. The van der Waals surface area contributed by atoms with Gasteiger partial charge in [0.2, 0.25) is 0 Å². The molecule has 0 fully saturated rings. The molecule has 1 aliphatic rings. The van der Waals surface area contributed by atoms with Crippen molar-refractivity contribution in [2.45, 2.75) is 20.3 Å². The monoisotopic (exact) mass is 355 g/mol. The van der Waals surface area contributed by atoms with Crippen molar-refractivity contribution in [1.82, 2.24) is 4.98 Å². The number of benzene rings is 1. The zero-order valence-electron chi connectivity index (χ0n) is 15.5. The molecule has 1 N–H and O–H groups in total. The summed E-state index contributed by atoms with van der Waals surface area (Å²) in [4.78, 5) is 19.8. The minimum absolute atomic E-state index is 0.121. The van der Waals surface area contributed by atoms with Crippen LogP contribution in [0.25, 0.3) is 0 Å². The molecule has 7 heteroatoms. The maximum atomic E-state index is 11.1. The van der Waals surface area contributed by atoms with E-state index in [1.54, 1.807) is 18.2 Å². The summed E-state index contributed by atoms with van der Waals surface area (Å²) in [5.41, 5.74) is 4.16. The second-order valence-corrected chi connectivity index (χ2v) is 6.79. The van der Waals surface area contributed by atoms with E-state index < -0.39 is 0 Å². The summed E-state index contributed by atoms with van der Waals surface area (Å²) in [6, 6.07) is 9.20. The highest BCUT2D eigenvalue weighted by atomic mass is 16.6. The topological polar surface area (TPSA) is 74.5 Å². The van der Waals surface area contributed by atoms with Crippen LogP contribution < -0.4 is 15.1 Å². The number of aryl methyl sites for hydroxylation is 2. The first kappa shape index (κ1) is 18.0. The summed E-state index contributed by atoms with van der Waals surface area (Å²) in [6.45, 7) is 7.40. The Hall–Kier alpha value is -2.83. The van der Waals surface area contributed by atoms with Crippen LogP contribution in [0.5, 0.6) is 0 Å². The van der Waals surface area contributed by atoms with Crippen LogP contribution in [0.15, 0.2) is 30.3 Å². The molecule has 2 aromatic rings. The van der Waals surface area contributed by atoms with E-state index >= 15 is 0 Å². The van der Waals surface area contributed by atoms with Gasteiger partial charge in [0.1, 0.15) is 5.82 Å². The van der Waals surface area contributed by atoms with E-state index in [0.717, 1.165) is 55.5 Å². The molecule has 0 aliphatic carbocycles. The molecule has 0 saturated carbocycles. The molecule has 1 aliphatic heterocycles. The van der Waals surface area contributed by atoms with Crippen LogP contribution in [0.4, 0.5) is 22.9 Å². The zero-order valence-corrected chi connectivity index (χ0v) is 15.5. The van der Waals surface area contributed by atoms with Gasteiger partial charge in [-0.1, -0.05) is 0 Å². The maximum absolute atomic E-state index is 11.1. The number of hydrogen-bond acceptors (Lipinski definition) is 6. The van der Waals surface area contributed by atoms with E-state index in [4.69, 9.17) is 0 Å². The molecule has 0 spiro atoms. The highest BCUT2D eigenvalue weighted by Crippen LogP contribution is 2.30. The van der Waals surface area contributed by atoms with Gasteiger partial charge >= 0.3 is 0 Å². The molecule has 138 valence electrons. The van der Waals surface area contributed by atoms with Crippen LogP contribution in [-0.4, -0.2) is 43.1 Å². The fourth-order valence-corrected chi connectivity index (χ4v) is 3.37. The Bertz CT molecular complexity index is 788. The Morgan fingerprint density at radius 3 is 2.69 bits per heavy atom. The number of pyridine rings is 1. The summed E-state index contributed by atoms with van der Waals surface area (Å²) < 4.78 is 0. The van der Waals surface area contributed by atoms with Crippen molar-refractivity contribution in [3.8, 4) is 0 Å². The van der Waals surface area contributed by atoms with E-state index in [1.165, 1.54) is 5.56 Å². The van der Waals surface area contributed by atoms with E-state index in [0.29, 0.717) is 0 Å². The van der Waals surface area contributed by atoms with Gasteiger partial charge in [0.05, 0.1) is 16.3 Å². The van der Waals surface area contributed by atoms with E-state index in [1.807, 2.05) is 14.0 Å². The number of hydrogen-bond donors (Lipinski definition) is 1. The maximum Gasteiger partial charge on any atom is 0.271 e. The Morgan fingerprint density at radius 1 is 1.15 bits per heavy atom. The molecule has 7 nitrogen and oxygen atoms in total. The van der Waals surface area contributed by atoms with E-state index in [2.05, 4.69) is 39.2 Å². The second-order valence-electron chi connectivity index (χ2n) is 6.79. The summed E-state index contributed by atoms with van der Waals surface area (Å²) in [6.07, 6.45) is 0.952. The zero-order chi connectivity index (χ0) is 18.7. The predicted octanol–water partition coefficient (Wildman–Crippen LogP) is 3.37. The average molecular weight is 355 g/mol. The molecule has 1 aromatic heterocycles. The van der Waals surface area contributed by atoms with Crippen LogP contribution in [0.3, 0.4) is 0 Å². The molecule has 1 aromatic carbocycles. The number of nitro groups is 1. The lowest BCUT2D eigenvalue weighted by Gasteiger charge is -2.30. The van der Waals surface area contributed by atoms with Gasteiger partial charge in [-0.3, -0.25) is 10.1 Å². The van der Waals surface area contributed by atoms with Crippen molar-refractivity contribution in [2.24, 2.45) is 0 Å². The third kappa shape index (κ3) is 4.04. The van der Waals surface area contributed by atoms with Gasteiger partial charge < -0.3 is 15.1 Å². The van der Waals surface area contributed by atoms with Crippen molar-refractivity contribution in [3.05, 3.63) is 51.7 Å². The first-order valence-electron chi connectivity index (χ1n) is 8.88. The van der Waals surface area contributed by atoms with Gasteiger partial charge in [-0.15, -0.1) is 0 Å². The molecule has 0 atom stereocenters. The lowest BCUT2D eigenvalue weighted by molar-refractivity contribution is -0.384. The summed E-state index contributed by atoms with van der Waals surface area (Å²) in [7, 11) is 1.98. The Kier molecular flexibility index (Phi) is 5.25. The van der Waals surface area contributed by atoms with Crippen molar-refractivity contribution in [3.63, 3.8) is 0 Å². The number of nitrogens with zero attached hydrogens (tertiary/aromatic N) is 4. The highest BCUT2D eigenvalue weighted by Gasteiger charge is 2.17. The smallest absolute Gasteiger partial charge is 0.271 e. The standard InChI is InChI=1S/C19H25N5O2/c1-14-11-15(2)21-19(12-14)23-9-4-8-22(3)18-13-16(24(25)26)5-6-17(18)20-7-10-23/h5-6,11-13,20H,4,7-10H2,1-3H3. The van der Waals surface area contributed by atoms with Gasteiger partial charge in [-0.05, 0) is 44.0 Å². The van der Waals surface area contributed by atoms with Crippen molar-refractivity contribution >= 4 is 22.9 Å². The SMILES string of the molecule is Cc1cc(C)nc(N2CCCN(C)c3cc([N+](=O)[O-])ccc3NCC2)c1. The second kappa shape index (κ2) is 7.59.